The zero-order valence-electron chi connectivity index (χ0n) is 20.5. The molecular formula is C24H32F3N7O2. The quantitative estimate of drug-likeness (QED) is 0.493. The zero-order chi connectivity index (χ0) is 25.7. The molecule has 12 heteroatoms. The molecule has 196 valence electrons. The van der Waals surface area contributed by atoms with Crippen LogP contribution in [0.1, 0.15) is 49.9 Å². The molecule has 3 N–H and O–H groups in total. The molecule has 2 aliphatic rings. The van der Waals surface area contributed by atoms with Crippen molar-refractivity contribution in [2.24, 2.45) is 5.92 Å². The lowest BCUT2D eigenvalue weighted by atomic mass is 9.85. The molecular weight excluding hydrogens is 475 g/mol. The van der Waals surface area contributed by atoms with Crippen LogP contribution < -0.4 is 25.6 Å². The van der Waals surface area contributed by atoms with E-state index in [4.69, 9.17) is 0 Å². The van der Waals surface area contributed by atoms with E-state index < -0.39 is 6.36 Å². The number of halogens is 3. The number of hydrogen-bond acceptors (Lipinski definition) is 8. The lowest BCUT2D eigenvalue weighted by molar-refractivity contribution is -0.274. The predicted octanol–water partition coefficient (Wildman–Crippen LogP) is 4.01. The Morgan fingerprint density at radius 1 is 1.11 bits per heavy atom. The minimum Gasteiger partial charge on any atom is -0.405 e. The number of carbonyl (C=O) groups excluding carboxylic acids is 1. The van der Waals surface area contributed by atoms with Crippen LogP contribution in [-0.4, -0.2) is 53.4 Å². The summed E-state index contributed by atoms with van der Waals surface area (Å²) in [5.74, 6) is 0.757. The topological polar surface area (TPSA) is 104 Å². The fraction of sp³-hybridized carbons (Fsp3) is 0.583. The summed E-state index contributed by atoms with van der Waals surface area (Å²) in [5.41, 5.74) is 0.979. The van der Waals surface area contributed by atoms with Crippen molar-refractivity contribution in [2.75, 3.05) is 35.7 Å². The maximum atomic E-state index is 13.1. The number of nitrogens with zero attached hydrogens (tertiary/aromatic N) is 4. The van der Waals surface area contributed by atoms with Crippen LogP contribution in [0.5, 0.6) is 5.75 Å². The smallest absolute Gasteiger partial charge is 0.405 e. The number of amides is 1. The summed E-state index contributed by atoms with van der Waals surface area (Å²) in [6.45, 7) is 3.34. The van der Waals surface area contributed by atoms with Crippen LogP contribution in [0.3, 0.4) is 0 Å². The summed E-state index contributed by atoms with van der Waals surface area (Å²) in [4.78, 5) is 27.8. The van der Waals surface area contributed by atoms with Crippen LogP contribution in [0, 0.1) is 12.8 Å². The summed E-state index contributed by atoms with van der Waals surface area (Å²) in [6, 6.07) is 4.80. The Morgan fingerprint density at radius 2 is 1.86 bits per heavy atom. The molecule has 2 heterocycles. The number of carbonyl (C=O) groups is 1. The lowest BCUT2D eigenvalue weighted by Gasteiger charge is -2.29. The second kappa shape index (κ2) is 11.2. The number of aromatic nitrogens is 3. The highest BCUT2D eigenvalue weighted by atomic mass is 19.4. The second-order valence-corrected chi connectivity index (χ2v) is 9.24. The van der Waals surface area contributed by atoms with Crippen molar-refractivity contribution in [2.45, 2.75) is 64.4 Å². The number of rotatable bonds is 8. The molecule has 36 heavy (non-hydrogen) atoms. The molecule has 0 bridgehead atoms. The molecule has 9 nitrogen and oxygen atoms in total. The number of nitrogens with one attached hydrogen (secondary N) is 3. The Bertz CT molecular complexity index is 1060. The van der Waals surface area contributed by atoms with E-state index in [1.165, 1.54) is 6.07 Å². The molecule has 1 aliphatic carbocycles. The van der Waals surface area contributed by atoms with Gasteiger partial charge < -0.3 is 25.6 Å². The van der Waals surface area contributed by atoms with Crippen molar-refractivity contribution in [3.05, 3.63) is 29.6 Å². The van der Waals surface area contributed by atoms with Gasteiger partial charge >= 0.3 is 6.36 Å². The number of hydrogen-bond donors (Lipinski definition) is 3. The summed E-state index contributed by atoms with van der Waals surface area (Å²) >= 11 is 0. The SMILES string of the molecule is CNc1nc(C)nc(N[C@@H]2CCC[C@H](C(=O)NCc3ccc(N4CCCC4)cc3OC(F)(F)F)C2)n1. The van der Waals surface area contributed by atoms with Crippen LogP contribution in [0.2, 0.25) is 0 Å². The Kier molecular flexibility index (Phi) is 8.00. The minimum absolute atomic E-state index is 0.00451. The average Bonchev–Trinajstić information content (AvgIpc) is 3.37. The van der Waals surface area contributed by atoms with Gasteiger partial charge in [-0.2, -0.15) is 15.0 Å². The van der Waals surface area contributed by atoms with Crippen LogP contribution in [-0.2, 0) is 11.3 Å². The molecule has 1 aromatic carbocycles. The third-order valence-corrected chi connectivity index (χ3v) is 6.55. The van der Waals surface area contributed by atoms with Gasteiger partial charge in [0.05, 0.1) is 0 Å². The summed E-state index contributed by atoms with van der Waals surface area (Å²) in [6.07, 6.45) is 0.191. The number of benzene rings is 1. The Morgan fingerprint density at radius 3 is 2.58 bits per heavy atom. The fourth-order valence-corrected chi connectivity index (χ4v) is 4.81. The predicted molar refractivity (Wildman–Crippen MR) is 130 cm³/mol. The molecule has 1 aliphatic heterocycles. The monoisotopic (exact) mass is 507 g/mol. The van der Waals surface area contributed by atoms with Crippen molar-refractivity contribution < 1.29 is 22.7 Å². The fourth-order valence-electron chi connectivity index (χ4n) is 4.81. The standard InChI is InChI=1S/C24H32F3N7O2/c1-15-30-22(28-2)33-23(31-15)32-18-7-5-6-16(12-18)21(35)29-14-17-8-9-19(34-10-3-4-11-34)13-20(17)36-24(25,26)27/h8-9,13,16,18H,3-7,10-12,14H2,1-2H3,(H,29,35)(H2,28,30,31,32,33)/t16-,18+/m0/s1. The van der Waals surface area contributed by atoms with Gasteiger partial charge in [0.1, 0.15) is 11.6 Å². The first kappa shape index (κ1) is 25.8. The molecule has 4 rings (SSSR count). The first-order valence-electron chi connectivity index (χ1n) is 12.3. The van der Waals surface area contributed by atoms with Crippen molar-refractivity contribution in [1.82, 2.24) is 20.3 Å². The molecule has 1 saturated carbocycles. The number of aryl methyl sites for hydroxylation is 1. The highest BCUT2D eigenvalue weighted by molar-refractivity contribution is 5.79. The van der Waals surface area contributed by atoms with E-state index in [9.17, 15) is 18.0 Å². The molecule has 1 amide bonds. The van der Waals surface area contributed by atoms with E-state index in [-0.39, 0.29) is 35.7 Å². The molecule has 0 spiro atoms. The van der Waals surface area contributed by atoms with Gasteiger partial charge in [-0.3, -0.25) is 4.79 Å². The third-order valence-electron chi connectivity index (χ3n) is 6.55. The number of ether oxygens (including phenoxy) is 1. The first-order chi connectivity index (χ1) is 17.2. The largest absolute Gasteiger partial charge is 0.573 e. The van der Waals surface area contributed by atoms with Crippen LogP contribution in [0.25, 0.3) is 0 Å². The summed E-state index contributed by atoms with van der Waals surface area (Å²) < 4.78 is 43.5. The molecule has 0 radical (unpaired) electrons. The van der Waals surface area contributed by atoms with E-state index >= 15 is 0 Å². The molecule has 2 fully saturated rings. The second-order valence-electron chi connectivity index (χ2n) is 9.24. The summed E-state index contributed by atoms with van der Waals surface area (Å²) in [7, 11) is 1.73. The zero-order valence-corrected chi connectivity index (χ0v) is 20.5. The average molecular weight is 508 g/mol. The number of anilines is 3. The lowest BCUT2D eigenvalue weighted by Crippen LogP contribution is -2.37. The van der Waals surface area contributed by atoms with E-state index in [2.05, 4.69) is 35.6 Å². The van der Waals surface area contributed by atoms with Gasteiger partial charge in [-0.25, -0.2) is 0 Å². The van der Waals surface area contributed by atoms with Gasteiger partial charge in [0.15, 0.2) is 0 Å². The molecule has 1 saturated heterocycles. The van der Waals surface area contributed by atoms with Crippen LogP contribution >= 0.6 is 0 Å². The highest BCUT2D eigenvalue weighted by Gasteiger charge is 2.33. The van der Waals surface area contributed by atoms with E-state index in [1.54, 1.807) is 26.1 Å². The normalized spacial score (nSPS) is 20.2. The van der Waals surface area contributed by atoms with Gasteiger partial charge in [-0.05, 0) is 45.1 Å². The highest BCUT2D eigenvalue weighted by Crippen LogP contribution is 2.32. The van der Waals surface area contributed by atoms with Gasteiger partial charge in [0, 0.05) is 56.0 Å². The maximum absolute atomic E-state index is 13.1. The van der Waals surface area contributed by atoms with E-state index in [0.29, 0.717) is 36.3 Å². The van der Waals surface area contributed by atoms with Crippen molar-refractivity contribution in [3.8, 4) is 5.75 Å². The molecule has 0 unspecified atom stereocenters. The van der Waals surface area contributed by atoms with Gasteiger partial charge in [0.2, 0.25) is 17.8 Å². The van der Waals surface area contributed by atoms with Gasteiger partial charge in [-0.1, -0.05) is 12.5 Å². The van der Waals surface area contributed by atoms with Crippen molar-refractivity contribution >= 4 is 23.5 Å². The Labute approximate surface area is 208 Å². The van der Waals surface area contributed by atoms with E-state index in [0.717, 1.165) is 38.8 Å². The minimum atomic E-state index is -4.81. The van der Waals surface area contributed by atoms with Crippen LogP contribution in [0.15, 0.2) is 18.2 Å². The van der Waals surface area contributed by atoms with E-state index in [1.807, 2.05) is 4.90 Å². The van der Waals surface area contributed by atoms with Crippen molar-refractivity contribution in [1.29, 1.82) is 0 Å². The van der Waals surface area contributed by atoms with Crippen LogP contribution in [0.4, 0.5) is 30.8 Å². The Balaban J connectivity index is 1.38. The maximum Gasteiger partial charge on any atom is 0.573 e. The summed E-state index contributed by atoms with van der Waals surface area (Å²) in [5, 5.41) is 9.00. The third kappa shape index (κ3) is 6.88. The Hall–Kier alpha value is -3.31. The molecule has 2 atom stereocenters. The van der Waals surface area contributed by atoms with Crippen molar-refractivity contribution in [3.63, 3.8) is 0 Å². The van der Waals surface area contributed by atoms with Gasteiger partial charge in [0.25, 0.3) is 0 Å². The number of alkyl halides is 3. The molecule has 1 aromatic heterocycles. The van der Waals surface area contributed by atoms with Gasteiger partial charge in [-0.15, -0.1) is 13.2 Å². The first-order valence-corrected chi connectivity index (χ1v) is 12.3. The molecule has 2 aromatic rings.